The minimum absolute atomic E-state index is 0.227. The van der Waals surface area contributed by atoms with Crippen LogP contribution in [-0.4, -0.2) is 18.2 Å². The number of carbonyl (C=O) groups excluding carboxylic acids is 1. The number of hydrogen-bond acceptors (Lipinski definition) is 4. The molecule has 0 spiro atoms. The highest BCUT2D eigenvalue weighted by Gasteiger charge is 2.66. The summed E-state index contributed by atoms with van der Waals surface area (Å²) in [6.45, 7) is 0. The van der Waals surface area contributed by atoms with E-state index < -0.39 is 23.3 Å². The molecule has 142 valence electrons. The van der Waals surface area contributed by atoms with Gasteiger partial charge in [0, 0.05) is 6.42 Å². The summed E-state index contributed by atoms with van der Waals surface area (Å²) >= 11 is 0. The SMILES string of the molecule is COC(=O)[C@@]1(c2ccccc2)O[C@H](c2ccccc2)C[C@]1(O)c1ccccc1. The summed E-state index contributed by atoms with van der Waals surface area (Å²) in [5, 5.41) is 12.0. The fourth-order valence-electron chi connectivity index (χ4n) is 4.11. The highest BCUT2D eigenvalue weighted by Crippen LogP contribution is 2.57. The summed E-state index contributed by atoms with van der Waals surface area (Å²) < 4.78 is 11.6. The van der Waals surface area contributed by atoms with Gasteiger partial charge in [-0.25, -0.2) is 4.79 Å². The summed E-state index contributed by atoms with van der Waals surface area (Å²) in [6, 6.07) is 27.9. The van der Waals surface area contributed by atoms with Crippen LogP contribution in [0.4, 0.5) is 0 Å². The molecule has 1 saturated heterocycles. The maximum Gasteiger partial charge on any atom is 0.346 e. The van der Waals surface area contributed by atoms with E-state index in [-0.39, 0.29) is 6.42 Å². The van der Waals surface area contributed by atoms with Crippen LogP contribution in [0, 0.1) is 0 Å². The van der Waals surface area contributed by atoms with E-state index in [1.165, 1.54) is 7.11 Å². The average molecular weight is 374 g/mol. The molecule has 0 radical (unpaired) electrons. The van der Waals surface area contributed by atoms with Crippen LogP contribution < -0.4 is 0 Å². The smallest absolute Gasteiger partial charge is 0.346 e. The third-order valence-corrected chi connectivity index (χ3v) is 5.46. The number of ether oxygens (including phenoxy) is 2. The Hall–Kier alpha value is -2.95. The Morgan fingerprint density at radius 3 is 1.93 bits per heavy atom. The van der Waals surface area contributed by atoms with Gasteiger partial charge >= 0.3 is 5.97 Å². The van der Waals surface area contributed by atoms with Gasteiger partial charge in [0.1, 0.15) is 5.60 Å². The van der Waals surface area contributed by atoms with Crippen LogP contribution in [0.5, 0.6) is 0 Å². The monoisotopic (exact) mass is 374 g/mol. The van der Waals surface area contributed by atoms with Crippen molar-refractivity contribution in [2.45, 2.75) is 23.7 Å². The number of hydrogen-bond donors (Lipinski definition) is 1. The maximum absolute atomic E-state index is 13.2. The molecule has 0 saturated carbocycles. The lowest BCUT2D eigenvalue weighted by Crippen LogP contribution is -2.52. The molecular weight excluding hydrogens is 352 g/mol. The Bertz CT molecular complexity index is 942. The fourth-order valence-corrected chi connectivity index (χ4v) is 4.11. The zero-order valence-electron chi connectivity index (χ0n) is 15.6. The van der Waals surface area contributed by atoms with Crippen LogP contribution in [0.15, 0.2) is 91.0 Å². The molecule has 1 aliphatic heterocycles. The number of methoxy groups -OCH3 is 1. The Labute approximate surface area is 164 Å². The van der Waals surface area contributed by atoms with Gasteiger partial charge in [-0.15, -0.1) is 0 Å². The molecule has 1 N–H and O–H groups in total. The van der Waals surface area contributed by atoms with Gasteiger partial charge in [-0.05, 0) is 16.7 Å². The molecule has 4 rings (SSSR count). The van der Waals surface area contributed by atoms with Crippen molar-refractivity contribution >= 4 is 5.97 Å². The van der Waals surface area contributed by atoms with Crippen LogP contribution in [-0.2, 0) is 25.5 Å². The van der Waals surface area contributed by atoms with Crippen molar-refractivity contribution in [1.29, 1.82) is 0 Å². The minimum atomic E-state index is -1.68. The van der Waals surface area contributed by atoms with E-state index in [9.17, 15) is 9.90 Å². The van der Waals surface area contributed by atoms with Crippen LogP contribution >= 0.6 is 0 Å². The van der Waals surface area contributed by atoms with Gasteiger partial charge in [-0.2, -0.15) is 0 Å². The first-order chi connectivity index (χ1) is 13.6. The number of rotatable bonds is 4. The summed E-state index contributed by atoms with van der Waals surface area (Å²) in [4.78, 5) is 13.2. The lowest BCUT2D eigenvalue weighted by Gasteiger charge is -2.39. The van der Waals surface area contributed by atoms with Crippen LogP contribution in [0.3, 0.4) is 0 Å². The topological polar surface area (TPSA) is 55.8 Å². The fraction of sp³-hybridized carbons (Fsp3) is 0.208. The van der Waals surface area contributed by atoms with Gasteiger partial charge in [0.05, 0.1) is 13.2 Å². The van der Waals surface area contributed by atoms with E-state index in [4.69, 9.17) is 9.47 Å². The van der Waals surface area contributed by atoms with E-state index in [0.29, 0.717) is 11.1 Å². The first-order valence-electron chi connectivity index (χ1n) is 9.26. The molecule has 0 bridgehead atoms. The molecule has 0 aliphatic carbocycles. The second-order valence-electron chi connectivity index (χ2n) is 6.99. The van der Waals surface area contributed by atoms with Crippen LogP contribution in [0.25, 0.3) is 0 Å². The molecule has 0 unspecified atom stereocenters. The highest BCUT2D eigenvalue weighted by atomic mass is 16.6. The van der Waals surface area contributed by atoms with Gasteiger partial charge in [0.25, 0.3) is 0 Å². The van der Waals surface area contributed by atoms with E-state index in [2.05, 4.69) is 0 Å². The average Bonchev–Trinajstić information content (AvgIpc) is 3.10. The van der Waals surface area contributed by atoms with Gasteiger partial charge in [-0.1, -0.05) is 91.0 Å². The number of esters is 1. The van der Waals surface area contributed by atoms with Crippen molar-refractivity contribution in [2.24, 2.45) is 0 Å². The first-order valence-corrected chi connectivity index (χ1v) is 9.26. The molecule has 28 heavy (non-hydrogen) atoms. The van der Waals surface area contributed by atoms with Gasteiger partial charge in [-0.3, -0.25) is 0 Å². The second-order valence-corrected chi connectivity index (χ2v) is 6.99. The predicted molar refractivity (Wildman–Crippen MR) is 105 cm³/mol. The predicted octanol–water partition coefficient (Wildman–Crippen LogP) is 4.10. The molecule has 3 aromatic rings. The molecule has 1 aliphatic rings. The quantitative estimate of drug-likeness (QED) is 0.699. The van der Waals surface area contributed by atoms with Gasteiger partial charge < -0.3 is 14.6 Å². The lowest BCUT2D eigenvalue weighted by atomic mass is 9.72. The summed E-state index contributed by atoms with van der Waals surface area (Å²) in [5.74, 6) is -0.622. The minimum Gasteiger partial charge on any atom is -0.467 e. The highest BCUT2D eigenvalue weighted by molar-refractivity contribution is 5.84. The van der Waals surface area contributed by atoms with Crippen molar-refractivity contribution in [3.05, 3.63) is 108 Å². The number of aliphatic hydroxyl groups is 1. The number of benzene rings is 3. The number of carbonyl (C=O) groups is 1. The third-order valence-electron chi connectivity index (χ3n) is 5.46. The molecular formula is C24H22O4. The van der Waals surface area contributed by atoms with Crippen LogP contribution in [0.1, 0.15) is 29.2 Å². The molecule has 0 aromatic heterocycles. The van der Waals surface area contributed by atoms with Crippen molar-refractivity contribution in [1.82, 2.24) is 0 Å². The van der Waals surface area contributed by atoms with Gasteiger partial charge in [0.15, 0.2) is 0 Å². The Balaban J connectivity index is 1.95. The Kier molecular flexibility index (Phi) is 4.75. The second kappa shape index (κ2) is 7.23. The van der Waals surface area contributed by atoms with E-state index >= 15 is 0 Å². The standard InChI is InChI=1S/C24H22O4/c1-27-22(25)24(20-15-9-4-10-16-20)23(26,19-13-7-3-8-14-19)17-21(28-24)18-11-5-2-6-12-18/h2-16,21,26H,17H2,1H3/t21-,23-,24+/m0/s1. The zero-order chi connectivity index (χ0) is 19.6. The maximum atomic E-state index is 13.2. The zero-order valence-corrected chi connectivity index (χ0v) is 15.6. The van der Waals surface area contributed by atoms with Crippen molar-refractivity contribution in [3.8, 4) is 0 Å². The largest absolute Gasteiger partial charge is 0.467 e. The Morgan fingerprint density at radius 1 is 0.893 bits per heavy atom. The Morgan fingerprint density at radius 2 is 1.39 bits per heavy atom. The molecule has 4 nitrogen and oxygen atoms in total. The normalized spacial score (nSPS) is 26.7. The van der Waals surface area contributed by atoms with E-state index in [0.717, 1.165) is 5.56 Å². The van der Waals surface area contributed by atoms with Crippen molar-refractivity contribution in [3.63, 3.8) is 0 Å². The molecule has 3 atom stereocenters. The molecule has 4 heteroatoms. The molecule has 1 fully saturated rings. The van der Waals surface area contributed by atoms with E-state index in [1.54, 1.807) is 12.1 Å². The first kappa shape index (κ1) is 18.4. The van der Waals surface area contributed by atoms with Crippen molar-refractivity contribution in [2.75, 3.05) is 7.11 Å². The summed E-state index contributed by atoms with van der Waals surface area (Å²) in [6.07, 6.45) is -0.240. The van der Waals surface area contributed by atoms with Crippen LogP contribution in [0.2, 0.25) is 0 Å². The summed E-state index contributed by atoms with van der Waals surface area (Å²) in [7, 11) is 1.32. The van der Waals surface area contributed by atoms with Gasteiger partial charge in [0.2, 0.25) is 5.60 Å². The third kappa shape index (κ3) is 2.73. The van der Waals surface area contributed by atoms with E-state index in [1.807, 2.05) is 78.9 Å². The molecule has 0 amide bonds. The summed E-state index contributed by atoms with van der Waals surface area (Å²) in [5.41, 5.74) is -1.19. The molecule has 3 aromatic carbocycles. The molecule has 1 heterocycles. The van der Waals surface area contributed by atoms with Crippen molar-refractivity contribution < 1.29 is 19.4 Å². The lowest BCUT2D eigenvalue weighted by molar-refractivity contribution is -0.195.